The molecule has 0 aromatic heterocycles. The highest BCUT2D eigenvalue weighted by Gasteiger charge is 2.05. The average molecular weight is 145 g/mol. The molecule has 0 atom stereocenters. The molecule has 3 amide bonds. The lowest BCUT2D eigenvalue weighted by molar-refractivity contribution is -0.124. The monoisotopic (exact) mass is 145 g/mol. The summed E-state index contributed by atoms with van der Waals surface area (Å²) in [6, 6.07) is -0.769. The van der Waals surface area contributed by atoms with Crippen molar-refractivity contribution in [2.45, 2.75) is 13.8 Å². The van der Waals surface area contributed by atoms with Crippen molar-refractivity contribution in [3.05, 3.63) is 0 Å². The van der Waals surface area contributed by atoms with E-state index in [2.05, 4.69) is 11.2 Å². The molecule has 0 saturated carbocycles. The number of hydrogen-bond donors (Lipinski definition) is 3. The summed E-state index contributed by atoms with van der Waals surface area (Å²) < 4.78 is 0. The molecule has 0 aromatic carbocycles. The van der Waals surface area contributed by atoms with E-state index in [1.165, 1.54) is 0 Å². The van der Waals surface area contributed by atoms with E-state index in [0.717, 1.165) is 0 Å². The van der Waals surface area contributed by atoms with Gasteiger partial charge in [-0.2, -0.15) is 0 Å². The maximum absolute atomic E-state index is 10.7. The van der Waals surface area contributed by atoms with Crippen molar-refractivity contribution in [1.82, 2.24) is 10.9 Å². The largest absolute Gasteiger partial charge is 0.350 e. The summed E-state index contributed by atoms with van der Waals surface area (Å²) in [4.78, 5) is 20.7. The number of primary amides is 1. The fourth-order valence-electron chi connectivity index (χ4n) is 0.268. The molecule has 0 aromatic rings. The highest BCUT2D eigenvalue weighted by Crippen LogP contribution is 1.87. The molecule has 0 saturated heterocycles. The number of hydrogen-bond acceptors (Lipinski definition) is 2. The molecule has 5 heteroatoms. The molecule has 0 aliphatic heterocycles. The quantitative estimate of drug-likeness (QED) is 0.428. The lowest BCUT2D eigenvalue weighted by atomic mass is 10.2. The Kier molecular flexibility index (Phi) is 3.24. The van der Waals surface area contributed by atoms with E-state index in [1.807, 2.05) is 5.43 Å². The van der Waals surface area contributed by atoms with Crippen LogP contribution in [0.5, 0.6) is 0 Å². The van der Waals surface area contributed by atoms with Gasteiger partial charge in [-0.25, -0.2) is 10.2 Å². The normalized spacial score (nSPS) is 9.10. The molecular formula is C5H11N3O2. The van der Waals surface area contributed by atoms with Crippen molar-refractivity contribution in [2.75, 3.05) is 0 Å². The van der Waals surface area contributed by atoms with E-state index in [4.69, 9.17) is 0 Å². The van der Waals surface area contributed by atoms with Gasteiger partial charge in [0.05, 0.1) is 0 Å². The Morgan fingerprint density at radius 2 is 1.80 bits per heavy atom. The van der Waals surface area contributed by atoms with Crippen LogP contribution in [0, 0.1) is 5.92 Å². The van der Waals surface area contributed by atoms with Crippen molar-refractivity contribution in [3.63, 3.8) is 0 Å². The van der Waals surface area contributed by atoms with Crippen molar-refractivity contribution < 1.29 is 9.59 Å². The molecule has 0 bridgehead atoms. The zero-order valence-electron chi connectivity index (χ0n) is 5.97. The molecule has 0 aliphatic rings. The van der Waals surface area contributed by atoms with Crippen LogP contribution in [-0.2, 0) is 4.79 Å². The zero-order valence-corrected chi connectivity index (χ0v) is 5.97. The minimum absolute atomic E-state index is 0.160. The molecule has 0 fully saturated rings. The van der Waals surface area contributed by atoms with Gasteiger partial charge < -0.3 is 5.73 Å². The van der Waals surface area contributed by atoms with Gasteiger partial charge in [0.1, 0.15) is 0 Å². The van der Waals surface area contributed by atoms with Crippen LogP contribution in [0.15, 0.2) is 0 Å². The van der Waals surface area contributed by atoms with Crippen LogP contribution < -0.4 is 16.6 Å². The zero-order chi connectivity index (χ0) is 8.15. The van der Waals surface area contributed by atoms with Gasteiger partial charge in [-0.05, 0) is 0 Å². The Morgan fingerprint density at radius 3 is 2.10 bits per heavy atom. The van der Waals surface area contributed by atoms with Crippen LogP contribution in [-0.4, -0.2) is 11.9 Å². The van der Waals surface area contributed by atoms with Crippen LogP contribution in [0.1, 0.15) is 13.8 Å². The number of rotatable bonds is 1. The number of carbonyl (C=O) groups excluding carboxylic acids is 2. The molecule has 5 nitrogen and oxygen atoms in total. The minimum Gasteiger partial charge on any atom is -0.350 e. The second kappa shape index (κ2) is 3.71. The van der Waals surface area contributed by atoms with Crippen LogP contribution in [0.2, 0.25) is 0 Å². The number of carbonyl (C=O) groups is 2. The second-order valence-corrected chi connectivity index (χ2v) is 2.13. The van der Waals surface area contributed by atoms with Crippen molar-refractivity contribution in [2.24, 2.45) is 11.7 Å². The molecule has 0 unspecified atom stereocenters. The van der Waals surface area contributed by atoms with Crippen molar-refractivity contribution >= 4 is 11.9 Å². The van der Waals surface area contributed by atoms with Crippen molar-refractivity contribution in [3.8, 4) is 0 Å². The Bertz CT molecular complexity index is 144. The Balaban J connectivity index is 3.50. The first-order chi connectivity index (χ1) is 4.54. The first-order valence-electron chi connectivity index (χ1n) is 2.89. The molecule has 0 radical (unpaired) electrons. The molecule has 58 valence electrons. The highest BCUT2D eigenvalue weighted by molar-refractivity contribution is 5.81. The predicted molar refractivity (Wildman–Crippen MR) is 35.7 cm³/mol. The SMILES string of the molecule is CC(C)C(=O)NNC(N)=O. The Morgan fingerprint density at radius 1 is 1.30 bits per heavy atom. The topological polar surface area (TPSA) is 84.2 Å². The summed E-state index contributed by atoms with van der Waals surface area (Å²) in [5.41, 5.74) is 8.76. The summed E-state index contributed by atoms with van der Waals surface area (Å²) in [7, 11) is 0. The summed E-state index contributed by atoms with van der Waals surface area (Å²) >= 11 is 0. The fourth-order valence-corrected chi connectivity index (χ4v) is 0.268. The van der Waals surface area contributed by atoms with E-state index in [-0.39, 0.29) is 11.8 Å². The van der Waals surface area contributed by atoms with Gasteiger partial charge in [-0.1, -0.05) is 13.8 Å². The van der Waals surface area contributed by atoms with Gasteiger partial charge in [0, 0.05) is 5.92 Å². The van der Waals surface area contributed by atoms with Crippen LogP contribution in [0.25, 0.3) is 0 Å². The second-order valence-electron chi connectivity index (χ2n) is 2.13. The first-order valence-corrected chi connectivity index (χ1v) is 2.89. The van der Waals surface area contributed by atoms with E-state index in [0.29, 0.717) is 0 Å². The van der Waals surface area contributed by atoms with E-state index in [9.17, 15) is 9.59 Å². The number of urea groups is 1. The number of amides is 3. The predicted octanol–water partition coefficient (Wildman–Crippen LogP) is -0.658. The van der Waals surface area contributed by atoms with Gasteiger partial charge in [-0.3, -0.25) is 10.2 Å². The van der Waals surface area contributed by atoms with Crippen LogP contribution in [0.3, 0.4) is 0 Å². The number of hydrazine groups is 1. The van der Waals surface area contributed by atoms with Crippen LogP contribution in [0.4, 0.5) is 4.79 Å². The summed E-state index contributed by atoms with van der Waals surface area (Å²) in [5, 5.41) is 0. The molecular weight excluding hydrogens is 134 g/mol. The summed E-state index contributed by atoms with van der Waals surface area (Å²) in [6.07, 6.45) is 0. The molecule has 0 aliphatic carbocycles. The maximum atomic E-state index is 10.7. The number of nitrogens with two attached hydrogens (primary N) is 1. The van der Waals surface area contributed by atoms with Gasteiger partial charge in [0.15, 0.2) is 0 Å². The van der Waals surface area contributed by atoms with E-state index >= 15 is 0 Å². The van der Waals surface area contributed by atoms with Gasteiger partial charge >= 0.3 is 6.03 Å². The highest BCUT2D eigenvalue weighted by atomic mass is 16.2. The Labute approximate surface area is 58.9 Å². The third-order valence-electron chi connectivity index (χ3n) is 0.833. The fraction of sp³-hybridized carbons (Fsp3) is 0.600. The maximum Gasteiger partial charge on any atom is 0.330 e. The van der Waals surface area contributed by atoms with Gasteiger partial charge in [-0.15, -0.1) is 0 Å². The minimum atomic E-state index is -0.769. The Hall–Kier alpha value is -1.26. The van der Waals surface area contributed by atoms with Gasteiger partial charge in [0.25, 0.3) is 0 Å². The van der Waals surface area contributed by atoms with Crippen LogP contribution >= 0.6 is 0 Å². The standard InChI is InChI=1S/C5H11N3O2/c1-3(2)4(9)7-8-5(6)10/h3H,1-2H3,(H,7,9)(H3,6,8,10). The van der Waals surface area contributed by atoms with E-state index < -0.39 is 6.03 Å². The molecule has 0 heterocycles. The smallest absolute Gasteiger partial charge is 0.330 e. The third-order valence-corrected chi connectivity index (χ3v) is 0.833. The third kappa shape index (κ3) is 3.71. The van der Waals surface area contributed by atoms with E-state index in [1.54, 1.807) is 13.8 Å². The summed E-state index contributed by atoms with van der Waals surface area (Å²) in [5.74, 6) is -0.425. The van der Waals surface area contributed by atoms with Gasteiger partial charge in [0.2, 0.25) is 5.91 Å². The lowest BCUT2D eigenvalue weighted by Crippen LogP contribution is -2.46. The summed E-state index contributed by atoms with van der Waals surface area (Å²) in [6.45, 7) is 3.41. The molecule has 10 heavy (non-hydrogen) atoms. The average Bonchev–Trinajstić information content (AvgIpc) is 1.82. The first kappa shape index (κ1) is 8.74. The molecule has 0 spiro atoms. The van der Waals surface area contributed by atoms with Crippen molar-refractivity contribution in [1.29, 1.82) is 0 Å². The molecule has 0 rings (SSSR count). The molecule has 4 N–H and O–H groups in total. The lowest BCUT2D eigenvalue weighted by Gasteiger charge is -2.05. The number of nitrogens with one attached hydrogen (secondary N) is 2.